The summed E-state index contributed by atoms with van der Waals surface area (Å²) in [5, 5.41) is 15.1. The summed E-state index contributed by atoms with van der Waals surface area (Å²) in [6.45, 7) is 4.94. The minimum Gasteiger partial charge on any atom is -0.388 e. The Labute approximate surface area is 150 Å². The number of halogens is 3. The quantitative estimate of drug-likeness (QED) is 0.651. The van der Waals surface area contributed by atoms with E-state index in [4.69, 9.17) is 0 Å². The van der Waals surface area contributed by atoms with Gasteiger partial charge in [0.15, 0.2) is 0 Å². The minimum absolute atomic E-state index is 0.532. The lowest BCUT2D eigenvalue weighted by molar-refractivity contribution is 0.175. The third kappa shape index (κ3) is 3.97. The molecule has 0 aliphatic heterocycles. The summed E-state index contributed by atoms with van der Waals surface area (Å²) >= 11 is 10.5. The van der Waals surface area contributed by atoms with Gasteiger partial charge in [-0.25, -0.2) is 0 Å². The zero-order valence-electron chi connectivity index (χ0n) is 11.9. The SMILES string of the molecule is CCc1nn(CC)c(CC(O)c2cc(Br)cc(Br)c2)c1Br. The highest BCUT2D eigenvalue weighted by Crippen LogP contribution is 2.30. The predicted octanol–water partition coefficient (Wildman–Crippen LogP) is 5.03. The van der Waals surface area contributed by atoms with Gasteiger partial charge in [0.2, 0.25) is 0 Å². The molecule has 0 spiro atoms. The Morgan fingerprint density at radius 3 is 2.29 bits per heavy atom. The van der Waals surface area contributed by atoms with Crippen LogP contribution >= 0.6 is 47.8 Å². The van der Waals surface area contributed by atoms with Crippen molar-refractivity contribution in [2.24, 2.45) is 0 Å². The summed E-state index contributed by atoms with van der Waals surface area (Å²) in [7, 11) is 0. The molecule has 2 aromatic rings. The van der Waals surface area contributed by atoms with Crippen LogP contribution in [0.4, 0.5) is 0 Å². The monoisotopic (exact) mass is 478 g/mol. The normalized spacial score (nSPS) is 12.7. The van der Waals surface area contributed by atoms with Gasteiger partial charge in [0.1, 0.15) is 0 Å². The number of aromatic nitrogens is 2. The number of rotatable bonds is 5. The Kier molecular flexibility index (Phi) is 6.05. The summed E-state index contributed by atoms with van der Waals surface area (Å²) < 4.78 is 4.87. The van der Waals surface area contributed by atoms with Gasteiger partial charge < -0.3 is 5.11 Å². The Bertz CT molecular complexity index is 620. The number of aliphatic hydroxyl groups is 1. The third-order valence-electron chi connectivity index (χ3n) is 3.35. The largest absolute Gasteiger partial charge is 0.388 e. The van der Waals surface area contributed by atoms with E-state index in [0.717, 1.165) is 43.3 Å². The third-order valence-corrected chi connectivity index (χ3v) is 5.18. The van der Waals surface area contributed by atoms with Crippen molar-refractivity contribution >= 4 is 47.8 Å². The molecule has 1 aromatic heterocycles. The lowest BCUT2D eigenvalue weighted by Gasteiger charge is -2.13. The average molecular weight is 481 g/mol. The molecule has 0 amide bonds. The van der Waals surface area contributed by atoms with Crippen LogP contribution in [0.2, 0.25) is 0 Å². The van der Waals surface area contributed by atoms with Crippen molar-refractivity contribution in [1.82, 2.24) is 9.78 Å². The molecule has 0 radical (unpaired) electrons. The number of hydrogen-bond acceptors (Lipinski definition) is 2. The zero-order valence-corrected chi connectivity index (χ0v) is 16.7. The Hall–Kier alpha value is -0.170. The molecule has 1 heterocycles. The second-order valence-electron chi connectivity index (χ2n) is 4.80. The van der Waals surface area contributed by atoms with Crippen LogP contribution in [0.3, 0.4) is 0 Å². The van der Waals surface area contributed by atoms with E-state index in [-0.39, 0.29) is 0 Å². The first-order valence-corrected chi connectivity index (χ1v) is 9.22. The molecule has 21 heavy (non-hydrogen) atoms. The highest BCUT2D eigenvalue weighted by atomic mass is 79.9. The van der Waals surface area contributed by atoms with E-state index in [1.54, 1.807) is 0 Å². The highest BCUT2D eigenvalue weighted by Gasteiger charge is 2.18. The number of aliphatic hydroxyl groups excluding tert-OH is 1. The fraction of sp³-hybridized carbons (Fsp3) is 0.400. The maximum absolute atomic E-state index is 10.5. The predicted molar refractivity (Wildman–Crippen MR) is 95.5 cm³/mol. The fourth-order valence-electron chi connectivity index (χ4n) is 2.28. The van der Waals surface area contributed by atoms with Crippen LogP contribution < -0.4 is 0 Å². The van der Waals surface area contributed by atoms with Crippen molar-refractivity contribution in [1.29, 1.82) is 0 Å². The number of aryl methyl sites for hydroxylation is 2. The summed E-state index contributed by atoms with van der Waals surface area (Å²) in [5.74, 6) is 0. The van der Waals surface area contributed by atoms with Crippen molar-refractivity contribution < 1.29 is 5.11 Å². The standard InChI is InChI=1S/C15H17Br3N2O/c1-3-12-15(18)13(20(4-2)19-12)8-14(21)9-5-10(16)7-11(17)6-9/h5-7,14,21H,3-4,8H2,1-2H3. The van der Waals surface area contributed by atoms with E-state index in [0.29, 0.717) is 6.42 Å². The molecule has 6 heteroatoms. The van der Waals surface area contributed by atoms with Crippen LogP contribution in [0.25, 0.3) is 0 Å². The van der Waals surface area contributed by atoms with Crippen molar-refractivity contribution in [2.45, 2.75) is 39.3 Å². The van der Waals surface area contributed by atoms with Gasteiger partial charge in [-0.1, -0.05) is 38.8 Å². The van der Waals surface area contributed by atoms with Gasteiger partial charge in [0, 0.05) is 21.9 Å². The Morgan fingerprint density at radius 2 is 1.76 bits per heavy atom. The maximum Gasteiger partial charge on any atom is 0.0846 e. The van der Waals surface area contributed by atoms with Crippen molar-refractivity contribution in [3.05, 3.63) is 48.6 Å². The van der Waals surface area contributed by atoms with E-state index >= 15 is 0 Å². The molecule has 0 bridgehead atoms. The fourth-order valence-corrected chi connectivity index (χ4v) is 4.34. The molecule has 1 N–H and O–H groups in total. The molecule has 1 atom stereocenters. The minimum atomic E-state index is -0.568. The lowest BCUT2D eigenvalue weighted by atomic mass is 10.0. The molecule has 0 saturated heterocycles. The zero-order chi connectivity index (χ0) is 15.6. The van der Waals surface area contributed by atoms with Gasteiger partial charge >= 0.3 is 0 Å². The summed E-state index contributed by atoms with van der Waals surface area (Å²) in [4.78, 5) is 0. The summed E-state index contributed by atoms with van der Waals surface area (Å²) in [6.07, 6.45) is 0.838. The topological polar surface area (TPSA) is 38.0 Å². The van der Waals surface area contributed by atoms with Gasteiger partial charge in [-0.15, -0.1) is 0 Å². The van der Waals surface area contributed by atoms with Crippen molar-refractivity contribution in [3.8, 4) is 0 Å². The van der Waals surface area contributed by atoms with Crippen LogP contribution in [0.5, 0.6) is 0 Å². The summed E-state index contributed by atoms with van der Waals surface area (Å²) in [6, 6.07) is 5.84. The van der Waals surface area contributed by atoms with E-state index in [9.17, 15) is 5.11 Å². The molecule has 114 valence electrons. The van der Waals surface area contributed by atoms with Crippen LogP contribution in [-0.2, 0) is 19.4 Å². The van der Waals surface area contributed by atoms with Gasteiger partial charge in [0.05, 0.1) is 22.0 Å². The molecule has 3 nitrogen and oxygen atoms in total. The maximum atomic E-state index is 10.5. The van der Waals surface area contributed by atoms with E-state index in [1.165, 1.54) is 0 Å². The molecule has 0 aliphatic rings. The second kappa shape index (κ2) is 7.40. The Balaban J connectivity index is 2.30. The van der Waals surface area contributed by atoms with E-state index in [2.05, 4.69) is 66.7 Å². The van der Waals surface area contributed by atoms with E-state index in [1.807, 2.05) is 22.9 Å². The van der Waals surface area contributed by atoms with Gasteiger partial charge in [0.25, 0.3) is 0 Å². The molecule has 0 saturated carbocycles. The second-order valence-corrected chi connectivity index (χ2v) is 7.42. The first-order chi connectivity index (χ1) is 9.96. The van der Waals surface area contributed by atoms with Crippen molar-refractivity contribution in [2.75, 3.05) is 0 Å². The van der Waals surface area contributed by atoms with Gasteiger partial charge in [-0.2, -0.15) is 5.10 Å². The van der Waals surface area contributed by atoms with Crippen LogP contribution in [-0.4, -0.2) is 14.9 Å². The number of benzene rings is 1. The smallest absolute Gasteiger partial charge is 0.0846 e. The van der Waals surface area contributed by atoms with Crippen LogP contribution in [0.1, 0.15) is 36.9 Å². The Morgan fingerprint density at radius 1 is 1.14 bits per heavy atom. The molecule has 0 fully saturated rings. The first-order valence-electron chi connectivity index (χ1n) is 6.84. The summed E-state index contributed by atoms with van der Waals surface area (Å²) in [5.41, 5.74) is 2.96. The molecule has 0 aliphatic carbocycles. The van der Waals surface area contributed by atoms with Gasteiger partial charge in [-0.05, 0) is 53.0 Å². The molecular formula is C15H17Br3N2O. The highest BCUT2D eigenvalue weighted by molar-refractivity contribution is 9.11. The molecular weight excluding hydrogens is 464 g/mol. The lowest BCUT2D eigenvalue weighted by Crippen LogP contribution is -2.09. The average Bonchev–Trinajstić information content (AvgIpc) is 2.74. The first kappa shape index (κ1) is 17.2. The molecule has 2 rings (SSSR count). The number of hydrogen-bond donors (Lipinski definition) is 1. The van der Waals surface area contributed by atoms with E-state index < -0.39 is 6.10 Å². The molecule has 1 unspecified atom stereocenters. The van der Waals surface area contributed by atoms with Crippen molar-refractivity contribution in [3.63, 3.8) is 0 Å². The molecule has 1 aromatic carbocycles. The number of nitrogens with zero attached hydrogens (tertiary/aromatic N) is 2. The van der Waals surface area contributed by atoms with Gasteiger partial charge in [-0.3, -0.25) is 4.68 Å². The van der Waals surface area contributed by atoms with Crippen LogP contribution in [0.15, 0.2) is 31.6 Å². The van der Waals surface area contributed by atoms with Crippen LogP contribution in [0, 0.1) is 0 Å².